The number of aliphatic hydroxyl groups is 4. The minimum Gasteiger partial charge on any atom is -0.468 e. The average Bonchev–Trinajstić information content (AvgIpc) is 3.04. The number of fused-ring (bicyclic) bond motifs is 7. The van der Waals surface area contributed by atoms with Crippen LogP contribution in [0.4, 0.5) is 0 Å². The number of hydrogen-bond acceptors (Lipinski definition) is 8. The van der Waals surface area contributed by atoms with E-state index in [-0.39, 0.29) is 13.0 Å². The minimum absolute atomic E-state index is 0.234. The Morgan fingerprint density at radius 1 is 1.16 bits per heavy atom. The molecule has 0 bridgehead atoms. The van der Waals surface area contributed by atoms with Crippen LogP contribution in [-0.4, -0.2) is 70.0 Å². The Morgan fingerprint density at radius 3 is 2.47 bits per heavy atom. The number of methoxy groups -OCH3 is 1. The largest absolute Gasteiger partial charge is 0.468 e. The second-order valence-electron chi connectivity index (χ2n) is 13.8. The molecule has 4 saturated carbocycles. The Bertz CT molecular complexity index is 1080. The van der Waals surface area contributed by atoms with Crippen LogP contribution in [0.5, 0.6) is 0 Å². The van der Waals surface area contributed by atoms with Gasteiger partial charge in [-0.25, -0.2) is 4.79 Å². The van der Waals surface area contributed by atoms with Gasteiger partial charge in [0, 0.05) is 6.08 Å². The van der Waals surface area contributed by atoms with Gasteiger partial charge in [-0.3, -0.25) is 4.79 Å². The first-order chi connectivity index (χ1) is 17.6. The third-order valence-electron chi connectivity index (χ3n) is 12.6. The monoisotopic (exact) mass is 532 g/mol. The van der Waals surface area contributed by atoms with Crippen LogP contribution in [-0.2, 0) is 19.1 Å². The van der Waals surface area contributed by atoms with Gasteiger partial charge in [0.15, 0.2) is 0 Å². The van der Waals surface area contributed by atoms with E-state index in [0.29, 0.717) is 32.1 Å². The summed E-state index contributed by atoms with van der Waals surface area (Å²) in [6, 6.07) is 0. The van der Waals surface area contributed by atoms with E-state index < -0.39 is 74.8 Å². The third-order valence-corrected chi connectivity index (χ3v) is 12.6. The smallest absolute Gasteiger partial charge is 0.330 e. The van der Waals surface area contributed by atoms with Gasteiger partial charge in [0.2, 0.25) is 0 Å². The SMILES string of the molecule is C=C1CC[C@]2(C)CC[C@]3(C)[C@H]4[C@H](O)[C@H](O)[C@@]5(C(C)O)COC(=O)C=C[C@H]5[C@]4(C)CC[C@@]3(C(=O)OC)[C@]2(O)C1. The molecule has 4 N–H and O–H groups in total. The van der Waals surface area contributed by atoms with Gasteiger partial charge >= 0.3 is 11.9 Å². The second kappa shape index (κ2) is 8.38. The van der Waals surface area contributed by atoms with Gasteiger partial charge in [-0.05, 0) is 80.0 Å². The summed E-state index contributed by atoms with van der Waals surface area (Å²) in [4.78, 5) is 26.4. The number of carbonyl (C=O) groups is 2. The quantitative estimate of drug-likeness (QED) is 0.315. The average molecular weight is 533 g/mol. The fraction of sp³-hybridized carbons (Fsp3) is 0.800. The summed E-state index contributed by atoms with van der Waals surface area (Å²) in [5.74, 6) is -2.22. The number of ether oxygens (including phenoxy) is 2. The number of rotatable bonds is 2. The first-order valence-corrected chi connectivity index (χ1v) is 14.0. The van der Waals surface area contributed by atoms with Crippen LogP contribution in [0.2, 0.25) is 0 Å². The molecule has 0 aromatic rings. The summed E-state index contributed by atoms with van der Waals surface area (Å²) in [6.45, 7) is 11.6. The molecule has 4 aliphatic carbocycles. The molecule has 0 saturated heterocycles. The molecule has 212 valence electrons. The predicted octanol–water partition coefficient (Wildman–Crippen LogP) is 2.67. The van der Waals surface area contributed by atoms with Crippen molar-refractivity contribution in [2.75, 3.05) is 13.7 Å². The number of cyclic esters (lactones) is 1. The number of allylic oxidation sites excluding steroid dienone is 1. The zero-order valence-corrected chi connectivity index (χ0v) is 23.3. The third kappa shape index (κ3) is 2.95. The molecule has 5 aliphatic rings. The van der Waals surface area contributed by atoms with Crippen molar-refractivity contribution in [3.63, 3.8) is 0 Å². The number of aliphatic hydroxyl groups excluding tert-OH is 3. The molecule has 11 atom stereocenters. The Kier molecular flexibility index (Phi) is 6.14. The van der Waals surface area contributed by atoms with Crippen molar-refractivity contribution in [2.24, 2.45) is 38.9 Å². The molecule has 0 amide bonds. The molecule has 1 aliphatic heterocycles. The first kappa shape index (κ1) is 27.8. The normalized spacial score (nSPS) is 52.9. The van der Waals surface area contributed by atoms with Gasteiger partial charge in [-0.15, -0.1) is 0 Å². The molecule has 8 nitrogen and oxygen atoms in total. The molecule has 0 aromatic carbocycles. The zero-order valence-electron chi connectivity index (χ0n) is 23.3. The van der Waals surface area contributed by atoms with Gasteiger partial charge < -0.3 is 29.9 Å². The van der Waals surface area contributed by atoms with Gasteiger partial charge in [0.05, 0.1) is 36.4 Å². The Labute approximate surface area is 225 Å². The van der Waals surface area contributed by atoms with Crippen LogP contribution in [0.3, 0.4) is 0 Å². The summed E-state index contributed by atoms with van der Waals surface area (Å²) in [7, 11) is 1.35. The van der Waals surface area contributed by atoms with E-state index in [1.54, 1.807) is 13.0 Å². The van der Waals surface area contributed by atoms with Crippen LogP contribution >= 0.6 is 0 Å². The fourth-order valence-electron chi connectivity index (χ4n) is 10.5. The van der Waals surface area contributed by atoms with Crippen molar-refractivity contribution < 1.29 is 39.5 Å². The van der Waals surface area contributed by atoms with Crippen molar-refractivity contribution in [3.8, 4) is 0 Å². The maximum Gasteiger partial charge on any atom is 0.330 e. The zero-order chi connectivity index (χ0) is 28.1. The molecule has 0 aromatic heterocycles. The van der Waals surface area contributed by atoms with Crippen LogP contribution in [0.15, 0.2) is 24.3 Å². The van der Waals surface area contributed by atoms with Crippen LogP contribution in [0.25, 0.3) is 0 Å². The lowest BCUT2D eigenvalue weighted by Gasteiger charge is -2.75. The number of carbonyl (C=O) groups excluding carboxylic acids is 2. The Hall–Kier alpha value is -1.74. The lowest BCUT2D eigenvalue weighted by Crippen LogP contribution is -2.80. The van der Waals surface area contributed by atoms with E-state index >= 15 is 0 Å². The first-order valence-electron chi connectivity index (χ1n) is 14.0. The molecule has 38 heavy (non-hydrogen) atoms. The van der Waals surface area contributed by atoms with E-state index in [1.807, 2.05) is 13.8 Å². The number of esters is 2. The topological polar surface area (TPSA) is 134 Å². The van der Waals surface area contributed by atoms with Gasteiger partial charge in [-0.2, -0.15) is 0 Å². The highest BCUT2D eigenvalue weighted by Crippen LogP contribution is 2.78. The summed E-state index contributed by atoms with van der Waals surface area (Å²) < 4.78 is 10.9. The molecule has 8 heteroatoms. The predicted molar refractivity (Wildman–Crippen MR) is 138 cm³/mol. The molecule has 4 fully saturated rings. The highest BCUT2D eigenvalue weighted by atomic mass is 16.5. The molecule has 0 radical (unpaired) electrons. The summed E-state index contributed by atoms with van der Waals surface area (Å²) >= 11 is 0. The molecule has 0 spiro atoms. The molecule has 5 rings (SSSR count). The summed E-state index contributed by atoms with van der Waals surface area (Å²) in [6.07, 6.45) is 2.88. The van der Waals surface area contributed by atoms with E-state index in [0.717, 1.165) is 12.0 Å². The van der Waals surface area contributed by atoms with E-state index in [4.69, 9.17) is 9.47 Å². The van der Waals surface area contributed by atoms with Crippen molar-refractivity contribution in [1.29, 1.82) is 0 Å². The van der Waals surface area contributed by atoms with E-state index in [2.05, 4.69) is 13.5 Å². The minimum atomic E-state index is -1.45. The number of hydrogen-bond donors (Lipinski definition) is 4. The second-order valence-corrected chi connectivity index (χ2v) is 13.8. The van der Waals surface area contributed by atoms with Crippen molar-refractivity contribution in [2.45, 2.75) is 96.6 Å². The van der Waals surface area contributed by atoms with Crippen LogP contribution < -0.4 is 0 Å². The fourth-order valence-corrected chi connectivity index (χ4v) is 10.5. The molecule has 1 heterocycles. The standard InChI is InChI=1S/C30H44O8/c1-17-9-10-25(3)11-13-27(5)22-21(33)23(34)28(18(2)31)16-38-20(32)8-7-19(28)26(22,4)12-14-29(27,24(35)37-6)30(25,36)15-17/h7-8,18-19,21-23,31,33-34,36H,1,9-16H2,2-6H3/t18?,19-,21-,22-,23-,25+,26-,27+,28+,29-,30-/m0/s1. The lowest BCUT2D eigenvalue weighted by atomic mass is 9.29. The Morgan fingerprint density at radius 2 is 1.84 bits per heavy atom. The van der Waals surface area contributed by atoms with E-state index in [9.17, 15) is 30.0 Å². The molecular formula is C30H44O8. The van der Waals surface area contributed by atoms with Crippen LogP contribution in [0.1, 0.15) is 72.6 Å². The van der Waals surface area contributed by atoms with Crippen molar-refractivity contribution in [1.82, 2.24) is 0 Å². The Balaban J connectivity index is 1.76. The van der Waals surface area contributed by atoms with Crippen LogP contribution in [0, 0.1) is 38.9 Å². The highest BCUT2D eigenvalue weighted by Gasteiger charge is 2.81. The highest BCUT2D eigenvalue weighted by molar-refractivity contribution is 5.83. The lowest BCUT2D eigenvalue weighted by molar-refractivity contribution is -0.336. The van der Waals surface area contributed by atoms with Crippen molar-refractivity contribution >= 4 is 11.9 Å². The van der Waals surface area contributed by atoms with Crippen molar-refractivity contribution in [3.05, 3.63) is 24.3 Å². The van der Waals surface area contributed by atoms with Gasteiger partial charge in [0.1, 0.15) is 12.0 Å². The van der Waals surface area contributed by atoms with Gasteiger partial charge in [-0.1, -0.05) is 39.0 Å². The van der Waals surface area contributed by atoms with E-state index in [1.165, 1.54) is 13.2 Å². The summed E-state index contributed by atoms with van der Waals surface area (Å²) in [5.41, 5.74) is -5.46. The maximum atomic E-state index is 14.1. The summed E-state index contributed by atoms with van der Waals surface area (Å²) in [5, 5.41) is 47.7. The molecule has 1 unspecified atom stereocenters. The molecular weight excluding hydrogens is 488 g/mol. The van der Waals surface area contributed by atoms with Gasteiger partial charge in [0.25, 0.3) is 0 Å². The maximum absolute atomic E-state index is 14.1.